The minimum Gasteiger partial charge on any atom is -0.508 e. The highest BCUT2D eigenvalue weighted by Crippen LogP contribution is 2.47. The van der Waals surface area contributed by atoms with E-state index in [0.29, 0.717) is 0 Å². The van der Waals surface area contributed by atoms with Crippen molar-refractivity contribution in [2.24, 2.45) is 0 Å². The Labute approximate surface area is 204 Å². The van der Waals surface area contributed by atoms with Gasteiger partial charge in [-0.2, -0.15) is 0 Å². The zero-order valence-electron chi connectivity index (χ0n) is 19.6. The molecule has 35 heavy (non-hydrogen) atoms. The fraction of sp³-hybridized carbons (Fsp3) is 0.0909. The average Bonchev–Trinajstić information content (AvgIpc) is 3.20. The molecule has 0 atom stereocenters. The summed E-state index contributed by atoms with van der Waals surface area (Å²) in [6.45, 7) is 2.25. The average molecular weight is 452 g/mol. The first-order valence-electron chi connectivity index (χ1n) is 12.2. The number of benzene rings is 5. The fourth-order valence-corrected chi connectivity index (χ4v) is 6.00. The van der Waals surface area contributed by atoms with E-state index in [1.807, 2.05) is 12.1 Å². The van der Waals surface area contributed by atoms with E-state index in [1.54, 1.807) is 6.07 Å². The summed E-state index contributed by atoms with van der Waals surface area (Å²) in [6.07, 6.45) is 2.08. The second-order valence-electron chi connectivity index (χ2n) is 9.49. The lowest BCUT2D eigenvalue weighted by atomic mass is 9.84. The molecule has 0 bridgehead atoms. The van der Waals surface area contributed by atoms with Crippen LogP contribution >= 0.6 is 0 Å². The molecule has 1 aliphatic rings. The molecule has 0 aliphatic heterocycles. The Balaban J connectivity index is 1.67. The second-order valence-corrected chi connectivity index (χ2v) is 9.49. The van der Waals surface area contributed by atoms with E-state index in [2.05, 4.69) is 96.4 Å². The highest BCUT2D eigenvalue weighted by molar-refractivity contribution is 6.03. The zero-order valence-corrected chi connectivity index (χ0v) is 19.6. The summed E-state index contributed by atoms with van der Waals surface area (Å²) in [5.74, 6) is 0.288. The molecule has 0 saturated heterocycles. The third-order valence-corrected chi connectivity index (χ3v) is 7.59. The zero-order chi connectivity index (χ0) is 23.5. The lowest BCUT2D eigenvalue weighted by Crippen LogP contribution is -2.03. The SMILES string of the molecule is Cc1c2c(c(-c3cccc4ccccc34)n1-c1cccc3ccc(O)cc13)-c1ccccc1CC2. The topological polar surface area (TPSA) is 25.2 Å². The predicted octanol–water partition coefficient (Wildman–Crippen LogP) is 8.23. The number of hydrogen-bond donors (Lipinski definition) is 1. The van der Waals surface area contributed by atoms with Gasteiger partial charge in [0.1, 0.15) is 5.75 Å². The summed E-state index contributed by atoms with van der Waals surface area (Å²) in [6, 6.07) is 36.2. The Morgan fingerprint density at radius 1 is 0.657 bits per heavy atom. The highest BCUT2D eigenvalue weighted by atomic mass is 16.3. The Morgan fingerprint density at radius 2 is 1.37 bits per heavy atom. The van der Waals surface area contributed by atoms with Gasteiger partial charge in [0.15, 0.2) is 0 Å². The van der Waals surface area contributed by atoms with Gasteiger partial charge in [-0.1, -0.05) is 84.9 Å². The molecule has 2 heteroatoms. The minimum absolute atomic E-state index is 0.288. The van der Waals surface area contributed by atoms with Gasteiger partial charge in [-0.25, -0.2) is 0 Å². The van der Waals surface area contributed by atoms with Crippen LogP contribution in [0, 0.1) is 6.92 Å². The van der Waals surface area contributed by atoms with E-state index in [0.717, 1.165) is 29.3 Å². The first kappa shape index (κ1) is 20.1. The molecule has 1 aliphatic carbocycles. The van der Waals surface area contributed by atoms with Gasteiger partial charge >= 0.3 is 0 Å². The quantitative estimate of drug-likeness (QED) is 0.282. The summed E-state index contributed by atoms with van der Waals surface area (Å²) in [5, 5.41) is 15.0. The summed E-state index contributed by atoms with van der Waals surface area (Å²) in [5.41, 5.74) is 10.4. The Morgan fingerprint density at radius 3 is 2.29 bits per heavy atom. The van der Waals surface area contributed by atoms with Crippen molar-refractivity contribution in [2.45, 2.75) is 19.8 Å². The van der Waals surface area contributed by atoms with Gasteiger partial charge in [0, 0.05) is 22.2 Å². The lowest BCUT2D eigenvalue weighted by molar-refractivity contribution is 0.476. The molecule has 7 rings (SSSR count). The van der Waals surface area contributed by atoms with E-state index in [-0.39, 0.29) is 5.75 Å². The Bertz CT molecular complexity index is 1770. The van der Waals surface area contributed by atoms with Crippen molar-refractivity contribution in [3.63, 3.8) is 0 Å². The Hall–Kier alpha value is -4.30. The van der Waals surface area contributed by atoms with Crippen molar-refractivity contribution >= 4 is 21.5 Å². The molecule has 0 spiro atoms. The normalized spacial score (nSPS) is 12.6. The van der Waals surface area contributed by atoms with Crippen LogP contribution in [-0.4, -0.2) is 9.67 Å². The van der Waals surface area contributed by atoms with Crippen LogP contribution in [0.3, 0.4) is 0 Å². The molecule has 168 valence electrons. The van der Waals surface area contributed by atoms with Crippen molar-refractivity contribution in [3.05, 3.63) is 120 Å². The molecule has 0 radical (unpaired) electrons. The maximum atomic E-state index is 10.4. The molecule has 1 N–H and O–H groups in total. The molecule has 0 fully saturated rings. The molecular formula is C33H25NO. The number of rotatable bonds is 2. The number of hydrogen-bond acceptors (Lipinski definition) is 1. The number of phenols is 1. The van der Waals surface area contributed by atoms with E-state index >= 15 is 0 Å². The summed E-state index contributed by atoms with van der Waals surface area (Å²) in [4.78, 5) is 0. The molecule has 5 aromatic carbocycles. The standard InChI is InChI=1S/C33H25NO/c1-21-26-19-17-23-9-3-5-13-28(23)32(26)33(29-14-6-10-22-8-2-4-12-27(22)29)34(21)31-15-7-11-24-16-18-25(35)20-30(24)31/h2-16,18,20,35H,17,19H2,1H3. The molecule has 0 saturated carbocycles. The van der Waals surface area contributed by atoms with Gasteiger partial charge in [-0.3, -0.25) is 0 Å². The smallest absolute Gasteiger partial charge is 0.116 e. The van der Waals surface area contributed by atoms with Gasteiger partial charge in [-0.15, -0.1) is 0 Å². The predicted molar refractivity (Wildman–Crippen MR) is 145 cm³/mol. The van der Waals surface area contributed by atoms with Gasteiger partial charge in [0.25, 0.3) is 0 Å². The fourth-order valence-electron chi connectivity index (χ4n) is 6.00. The number of aryl methyl sites for hydroxylation is 1. The van der Waals surface area contributed by atoms with Crippen LogP contribution < -0.4 is 0 Å². The van der Waals surface area contributed by atoms with Crippen LogP contribution in [0.25, 0.3) is 49.6 Å². The van der Waals surface area contributed by atoms with Crippen molar-refractivity contribution in [1.82, 2.24) is 4.57 Å². The highest BCUT2D eigenvalue weighted by Gasteiger charge is 2.29. The molecule has 1 heterocycles. The molecule has 6 aromatic rings. The van der Waals surface area contributed by atoms with Gasteiger partial charge in [-0.05, 0) is 70.8 Å². The molecule has 0 unspecified atom stereocenters. The van der Waals surface area contributed by atoms with Crippen molar-refractivity contribution in [2.75, 3.05) is 0 Å². The first-order valence-corrected chi connectivity index (χ1v) is 12.2. The number of aromatic nitrogens is 1. The molecule has 1 aromatic heterocycles. The molecule has 2 nitrogen and oxygen atoms in total. The van der Waals surface area contributed by atoms with Gasteiger partial charge in [0.05, 0.1) is 11.4 Å². The van der Waals surface area contributed by atoms with Crippen molar-refractivity contribution in [1.29, 1.82) is 0 Å². The summed E-state index contributed by atoms with van der Waals surface area (Å²) in [7, 11) is 0. The first-order chi connectivity index (χ1) is 17.2. The van der Waals surface area contributed by atoms with Crippen LogP contribution in [0.15, 0.2) is 103 Å². The van der Waals surface area contributed by atoms with Gasteiger partial charge < -0.3 is 9.67 Å². The summed E-state index contributed by atoms with van der Waals surface area (Å²) < 4.78 is 2.44. The van der Waals surface area contributed by atoms with E-state index in [1.165, 1.54) is 50.0 Å². The number of nitrogens with zero attached hydrogens (tertiary/aromatic N) is 1. The maximum absolute atomic E-state index is 10.4. The number of phenolic OH excluding ortho intramolecular Hbond substituents is 1. The number of aromatic hydroxyl groups is 1. The summed E-state index contributed by atoms with van der Waals surface area (Å²) >= 11 is 0. The van der Waals surface area contributed by atoms with Crippen LogP contribution in [0.2, 0.25) is 0 Å². The number of fused-ring (bicyclic) bond motifs is 5. The van der Waals surface area contributed by atoms with Gasteiger partial charge in [0.2, 0.25) is 0 Å². The van der Waals surface area contributed by atoms with E-state index in [9.17, 15) is 5.11 Å². The third-order valence-electron chi connectivity index (χ3n) is 7.59. The van der Waals surface area contributed by atoms with Crippen LogP contribution in [-0.2, 0) is 12.8 Å². The Kier molecular flexibility index (Phi) is 4.37. The van der Waals surface area contributed by atoms with Crippen LogP contribution in [0.5, 0.6) is 5.75 Å². The third kappa shape index (κ3) is 2.96. The van der Waals surface area contributed by atoms with E-state index < -0.39 is 0 Å². The molecular weight excluding hydrogens is 426 g/mol. The van der Waals surface area contributed by atoms with Crippen molar-refractivity contribution < 1.29 is 5.11 Å². The van der Waals surface area contributed by atoms with Crippen molar-refractivity contribution in [3.8, 4) is 33.8 Å². The largest absolute Gasteiger partial charge is 0.508 e. The minimum atomic E-state index is 0.288. The lowest BCUT2D eigenvalue weighted by Gasteiger charge is -2.20. The van der Waals surface area contributed by atoms with Crippen LogP contribution in [0.1, 0.15) is 16.8 Å². The molecule has 0 amide bonds. The maximum Gasteiger partial charge on any atom is 0.116 e. The second kappa shape index (κ2) is 7.61. The monoisotopic (exact) mass is 451 g/mol. The van der Waals surface area contributed by atoms with Crippen LogP contribution in [0.4, 0.5) is 0 Å². The van der Waals surface area contributed by atoms with E-state index in [4.69, 9.17) is 0 Å².